The number of fused-ring (bicyclic) bond motifs is 3. The van der Waals surface area contributed by atoms with E-state index in [0.717, 1.165) is 4.47 Å². The van der Waals surface area contributed by atoms with Crippen molar-refractivity contribution >= 4 is 43.5 Å². The van der Waals surface area contributed by atoms with Crippen molar-refractivity contribution < 1.29 is 4.79 Å². The normalized spacial score (nSPS) is 10.5. The largest absolute Gasteiger partial charge is 0.355 e. The lowest BCUT2D eigenvalue weighted by molar-refractivity contribution is 0.103. The van der Waals surface area contributed by atoms with E-state index in [9.17, 15) is 4.79 Å². The first kappa shape index (κ1) is 18.2. The minimum Gasteiger partial charge on any atom is -0.355 e. The van der Waals surface area contributed by atoms with Gasteiger partial charge in [-0.15, -0.1) is 0 Å². The molecule has 136 valence electrons. The van der Waals surface area contributed by atoms with Gasteiger partial charge in [0.1, 0.15) is 0 Å². The summed E-state index contributed by atoms with van der Waals surface area (Å²) < 4.78 is 0.832. The number of aromatic nitrogens is 1. The number of halogens is 1. The van der Waals surface area contributed by atoms with Crippen LogP contribution in [0.4, 0.5) is 0 Å². The zero-order valence-electron chi connectivity index (χ0n) is 15.1. The summed E-state index contributed by atoms with van der Waals surface area (Å²) in [4.78, 5) is 15.4. The third kappa shape index (κ3) is 3.75. The van der Waals surface area contributed by atoms with Gasteiger partial charge in [0.05, 0.1) is 0 Å². The number of hydrogen-bond donors (Lipinski definition) is 1. The van der Waals surface area contributed by atoms with Crippen molar-refractivity contribution in [1.29, 1.82) is 0 Å². The summed E-state index contributed by atoms with van der Waals surface area (Å²) in [6, 6.07) is 33.5. The maximum atomic E-state index is 12.0. The van der Waals surface area contributed by atoms with Crippen LogP contribution in [-0.2, 0) is 0 Å². The Kier molecular flexibility index (Phi) is 5.36. The van der Waals surface area contributed by atoms with Crippen molar-refractivity contribution in [1.82, 2.24) is 4.98 Å². The Morgan fingerprint density at radius 3 is 1.71 bits per heavy atom. The second-order valence-electron chi connectivity index (χ2n) is 6.39. The van der Waals surface area contributed by atoms with Crippen molar-refractivity contribution in [2.45, 2.75) is 0 Å². The zero-order valence-corrected chi connectivity index (χ0v) is 16.7. The highest BCUT2D eigenvalue weighted by atomic mass is 79.9. The molecule has 0 fully saturated rings. The van der Waals surface area contributed by atoms with Crippen molar-refractivity contribution in [2.75, 3.05) is 0 Å². The molecule has 0 saturated heterocycles. The second-order valence-corrected chi connectivity index (χ2v) is 7.25. The minimum atomic E-state index is 0.0445. The number of H-pyrrole nitrogens is 1. The molecule has 0 saturated carbocycles. The molecule has 1 aromatic heterocycles. The Balaban J connectivity index is 0.000000138. The Morgan fingerprint density at radius 2 is 1.11 bits per heavy atom. The fourth-order valence-corrected chi connectivity index (χ4v) is 3.65. The van der Waals surface area contributed by atoms with Gasteiger partial charge in [0.25, 0.3) is 0 Å². The molecule has 28 heavy (non-hydrogen) atoms. The van der Waals surface area contributed by atoms with Crippen LogP contribution in [0.5, 0.6) is 0 Å². The summed E-state index contributed by atoms with van der Waals surface area (Å²) in [5.41, 5.74) is 3.83. The highest BCUT2D eigenvalue weighted by Crippen LogP contribution is 2.24. The summed E-state index contributed by atoms with van der Waals surface area (Å²) in [7, 11) is 0. The van der Waals surface area contributed by atoms with E-state index in [2.05, 4.69) is 69.4 Å². The molecule has 5 rings (SSSR count). The summed E-state index contributed by atoms with van der Waals surface area (Å²) in [6.45, 7) is 0. The van der Waals surface area contributed by atoms with Crippen molar-refractivity contribution in [3.05, 3.63) is 119 Å². The SMILES string of the molecule is O=C(c1ccccc1)c1ccccc1Br.c1ccc2c(c1)[nH]c1ccccc12. The smallest absolute Gasteiger partial charge is 0.194 e. The summed E-state index contributed by atoms with van der Waals surface area (Å²) in [5, 5.41) is 2.61. The lowest BCUT2D eigenvalue weighted by atomic mass is 10.0. The number of rotatable bonds is 2. The molecule has 3 heteroatoms. The predicted octanol–water partition coefficient (Wildman–Crippen LogP) is 7.00. The molecule has 0 aliphatic heterocycles. The molecule has 0 spiro atoms. The molecule has 0 radical (unpaired) electrons. The number of benzene rings is 4. The fourth-order valence-electron chi connectivity index (χ4n) is 3.19. The van der Waals surface area contributed by atoms with Crippen LogP contribution in [0.3, 0.4) is 0 Å². The van der Waals surface area contributed by atoms with Gasteiger partial charge in [0, 0.05) is 37.4 Å². The fraction of sp³-hybridized carbons (Fsp3) is 0. The molecule has 0 aliphatic rings. The van der Waals surface area contributed by atoms with E-state index in [1.54, 1.807) is 0 Å². The van der Waals surface area contributed by atoms with E-state index >= 15 is 0 Å². The average molecular weight is 428 g/mol. The van der Waals surface area contributed by atoms with Crippen LogP contribution in [0, 0.1) is 0 Å². The van der Waals surface area contributed by atoms with Crippen LogP contribution in [0.1, 0.15) is 15.9 Å². The van der Waals surface area contributed by atoms with Gasteiger partial charge in [0.15, 0.2) is 5.78 Å². The molecular formula is C25H18BrNO. The summed E-state index contributed by atoms with van der Waals surface area (Å²) in [5.74, 6) is 0.0445. The van der Waals surface area contributed by atoms with Gasteiger partial charge in [-0.05, 0) is 24.3 Å². The standard InChI is InChI=1S/C13H9BrO.C12H9N/c14-12-9-5-4-8-11(12)13(15)10-6-2-1-3-7-10;1-3-7-11-9(5-1)10-6-2-4-8-12(10)13-11/h1-9H;1-8,13H. The quantitative estimate of drug-likeness (QED) is 0.302. The molecule has 5 aromatic rings. The Labute approximate surface area is 172 Å². The first-order valence-electron chi connectivity index (χ1n) is 9.04. The van der Waals surface area contributed by atoms with Crippen LogP contribution < -0.4 is 0 Å². The highest BCUT2D eigenvalue weighted by Gasteiger charge is 2.10. The van der Waals surface area contributed by atoms with E-state index in [1.807, 2.05) is 54.6 Å². The number of hydrogen-bond acceptors (Lipinski definition) is 1. The molecule has 0 atom stereocenters. The number of aromatic amines is 1. The molecule has 0 amide bonds. The van der Waals surface area contributed by atoms with Gasteiger partial charge in [0.2, 0.25) is 0 Å². The Hall–Kier alpha value is -3.17. The molecule has 1 heterocycles. The van der Waals surface area contributed by atoms with Crippen LogP contribution in [-0.4, -0.2) is 10.8 Å². The average Bonchev–Trinajstić information content (AvgIpc) is 3.13. The van der Waals surface area contributed by atoms with Crippen molar-refractivity contribution in [2.24, 2.45) is 0 Å². The number of ketones is 1. The summed E-state index contributed by atoms with van der Waals surface area (Å²) in [6.07, 6.45) is 0. The van der Waals surface area contributed by atoms with Crippen molar-refractivity contribution in [3.8, 4) is 0 Å². The minimum absolute atomic E-state index is 0.0445. The van der Waals surface area contributed by atoms with Gasteiger partial charge in [-0.25, -0.2) is 0 Å². The molecule has 1 N–H and O–H groups in total. The molecule has 0 bridgehead atoms. The van der Waals surface area contributed by atoms with E-state index in [0.29, 0.717) is 11.1 Å². The molecular weight excluding hydrogens is 410 g/mol. The van der Waals surface area contributed by atoms with Crippen molar-refractivity contribution in [3.63, 3.8) is 0 Å². The monoisotopic (exact) mass is 427 g/mol. The van der Waals surface area contributed by atoms with E-state index in [1.165, 1.54) is 21.8 Å². The third-order valence-electron chi connectivity index (χ3n) is 4.57. The Bertz CT molecular complexity index is 1190. The highest BCUT2D eigenvalue weighted by molar-refractivity contribution is 9.10. The van der Waals surface area contributed by atoms with E-state index in [-0.39, 0.29) is 5.78 Å². The first-order chi connectivity index (χ1) is 13.7. The lowest BCUT2D eigenvalue weighted by Gasteiger charge is -2.02. The maximum absolute atomic E-state index is 12.0. The Morgan fingerprint density at radius 1 is 0.607 bits per heavy atom. The topological polar surface area (TPSA) is 32.9 Å². The van der Waals surface area contributed by atoms with Crippen LogP contribution in [0.2, 0.25) is 0 Å². The first-order valence-corrected chi connectivity index (χ1v) is 9.83. The zero-order chi connectivity index (χ0) is 19.3. The van der Waals surface area contributed by atoms with Crippen LogP contribution in [0.25, 0.3) is 21.8 Å². The number of para-hydroxylation sites is 2. The summed E-state index contributed by atoms with van der Waals surface area (Å²) >= 11 is 3.37. The second kappa shape index (κ2) is 8.24. The predicted molar refractivity (Wildman–Crippen MR) is 120 cm³/mol. The molecule has 0 unspecified atom stereocenters. The third-order valence-corrected chi connectivity index (χ3v) is 5.26. The molecule has 0 aliphatic carbocycles. The van der Waals surface area contributed by atoms with Gasteiger partial charge in [-0.1, -0.05) is 94.8 Å². The lowest BCUT2D eigenvalue weighted by Crippen LogP contribution is -2.01. The van der Waals surface area contributed by atoms with E-state index in [4.69, 9.17) is 0 Å². The maximum Gasteiger partial charge on any atom is 0.194 e. The van der Waals surface area contributed by atoms with Crippen LogP contribution in [0.15, 0.2) is 108 Å². The number of nitrogens with one attached hydrogen (secondary N) is 1. The number of carbonyl (C=O) groups excluding carboxylic acids is 1. The van der Waals surface area contributed by atoms with Gasteiger partial charge < -0.3 is 4.98 Å². The molecule has 2 nitrogen and oxygen atoms in total. The van der Waals surface area contributed by atoms with Gasteiger partial charge in [-0.2, -0.15) is 0 Å². The van der Waals surface area contributed by atoms with E-state index < -0.39 is 0 Å². The number of carbonyl (C=O) groups is 1. The van der Waals surface area contributed by atoms with Crippen LogP contribution >= 0.6 is 15.9 Å². The van der Waals surface area contributed by atoms with Gasteiger partial charge >= 0.3 is 0 Å². The van der Waals surface area contributed by atoms with Gasteiger partial charge in [-0.3, -0.25) is 4.79 Å². The molecule has 4 aromatic carbocycles.